The van der Waals surface area contributed by atoms with Gasteiger partial charge in [0.2, 0.25) is 29.5 Å². The number of nitrogens with two attached hydrogens (primary N) is 1. The first-order valence-corrected chi connectivity index (χ1v) is 12.7. The lowest BCUT2D eigenvalue weighted by Crippen LogP contribution is -2.58. The molecule has 0 bridgehead atoms. The fourth-order valence-corrected chi connectivity index (χ4v) is 6.03. The van der Waals surface area contributed by atoms with E-state index in [1.165, 1.54) is 6.92 Å². The zero-order valence-corrected chi connectivity index (χ0v) is 21.2. The first kappa shape index (κ1) is 25.4. The van der Waals surface area contributed by atoms with Crippen molar-refractivity contribution < 1.29 is 24.0 Å². The Labute approximate surface area is 206 Å². The van der Waals surface area contributed by atoms with Gasteiger partial charge in [0, 0.05) is 24.9 Å². The van der Waals surface area contributed by atoms with Crippen LogP contribution < -0.4 is 21.7 Å². The summed E-state index contributed by atoms with van der Waals surface area (Å²) in [5.74, 6) is -2.20. The smallest absolute Gasteiger partial charge is 0.246 e. The molecule has 1 unspecified atom stereocenters. The Balaban J connectivity index is 1.50. The van der Waals surface area contributed by atoms with Crippen LogP contribution in [0, 0.1) is 16.7 Å². The summed E-state index contributed by atoms with van der Waals surface area (Å²) in [6.07, 6.45) is 6.10. The van der Waals surface area contributed by atoms with Crippen molar-refractivity contribution in [3.8, 4) is 0 Å². The van der Waals surface area contributed by atoms with Crippen molar-refractivity contribution in [3.63, 3.8) is 0 Å². The third kappa shape index (κ3) is 5.16. The number of carbonyl (C=O) groups excluding carboxylic acids is 5. The molecule has 194 valence electrons. The van der Waals surface area contributed by atoms with Gasteiger partial charge in [0.15, 0.2) is 0 Å². The predicted molar refractivity (Wildman–Crippen MR) is 127 cm³/mol. The van der Waals surface area contributed by atoms with Crippen LogP contribution in [0.25, 0.3) is 0 Å². The number of likely N-dealkylation sites (tertiary alicyclic amines) is 1. The van der Waals surface area contributed by atoms with Crippen molar-refractivity contribution >= 4 is 29.5 Å². The standard InChI is InChI=1S/C25H39N5O5/c1-14(31)27-18(23(2,3)4)22(35)30-13-24(6-5-7-24)12-17(30)21(34)28-16(19(26)32)10-15-11-25(8-9-25)29-20(15)33/h15-18H,5-13H2,1-4H3,(H2,26,32)(H,27,31)(H,28,34)(H,29,33)/t15-,16+,17?,18-/m1/s1. The summed E-state index contributed by atoms with van der Waals surface area (Å²) in [4.78, 5) is 65.2. The van der Waals surface area contributed by atoms with Crippen LogP contribution >= 0.6 is 0 Å². The van der Waals surface area contributed by atoms with Crippen LogP contribution in [0.5, 0.6) is 0 Å². The zero-order chi connectivity index (χ0) is 25.8. The number of hydrogen-bond donors (Lipinski definition) is 4. The Kier molecular flexibility index (Phi) is 6.38. The van der Waals surface area contributed by atoms with Gasteiger partial charge in [0.25, 0.3) is 0 Å². The molecule has 4 atom stereocenters. The molecule has 2 aliphatic heterocycles. The van der Waals surface area contributed by atoms with Crippen LogP contribution in [0.15, 0.2) is 0 Å². The maximum atomic E-state index is 13.7. The van der Waals surface area contributed by atoms with Crippen molar-refractivity contribution in [2.24, 2.45) is 22.5 Å². The predicted octanol–water partition coefficient (Wildman–Crippen LogP) is 0.337. The monoisotopic (exact) mass is 489 g/mol. The van der Waals surface area contributed by atoms with Crippen molar-refractivity contribution in [2.75, 3.05) is 6.54 Å². The number of carbonyl (C=O) groups is 5. The van der Waals surface area contributed by atoms with Gasteiger partial charge in [-0.3, -0.25) is 24.0 Å². The number of rotatable bonds is 7. The van der Waals surface area contributed by atoms with Gasteiger partial charge in [0.1, 0.15) is 18.1 Å². The normalized spacial score (nSPS) is 27.7. The fraction of sp³-hybridized carbons (Fsp3) is 0.800. The Morgan fingerprint density at radius 1 is 1.11 bits per heavy atom. The molecule has 5 amide bonds. The average molecular weight is 490 g/mol. The lowest BCUT2D eigenvalue weighted by atomic mass is 9.67. The van der Waals surface area contributed by atoms with Crippen LogP contribution in [0.2, 0.25) is 0 Å². The van der Waals surface area contributed by atoms with E-state index in [1.54, 1.807) is 4.90 Å². The van der Waals surface area contributed by atoms with Gasteiger partial charge in [-0.1, -0.05) is 27.2 Å². The summed E-state index contributed by atoms with van der Waals surface area (Å²) in [5, 5.41) is 8.54. The first-order chi connectivity index (χ1) is 16.2. The topological polar surface area (TPSA) is 151 Å². The highest BCUT2D eigenvalue weighted by atomic mass is 16.2. The minimum atomic E-state index is -0.990. The SMILES string of the molecule is CC(=O)N[C@H](C(=O)N1CC2(CCC2)CC1C(=O)N[C@@H](C[C@@H]1CC2(CC2)NC1=O)C(N)=O)C(C)(C)C. The Morgan fingerprint density at radius 3 is 2.23 bits per heavy atom. The van der Waals surface area contributed by atoms with Gasteiger partial charge < -0.3 is 26.6 Å². The average Bonchev–Trinajstić information content (AvgIpc) is 3.21. The Bertz CT molecular complexity index is 933. The molecular formula is C25H39N5O5. The molecule has 2 saturated carbocycles. The largest absolute Gasteiger partial charge is 0.368 e. The lowest BCUT2D eigenvalue weighted by molar-refractivity contribution is -0.144. The van der Waals surface area contributed by atoms with Crippen molar-refractivity contribution in [1.29, 1.82) is 0 Å². The fourth-order valence-electron chi connectivity index (χ4n) is 6.03. The highest BCUT2D eigenvalue weighted by Crippen LogP contribution is 2.51. The van der Waals surface area contributed by atoms with Crippen LogP contribution in [0.4, 0.5) is 0 Å². The summed E-state index contributed by atoms with van der Waals surface area (Å²) < 4.78 is 0. The van der Waals surface area contributed by atoms with Gasteiger partial charge >= 0.3 is 0 Å². The molecule has 0 radical (unpaired) electrons. The van der Waals surface area contributed by atoms with Crippen molar-refractivity contribution in [1.82, 2.24) is 20.9 Å². The van der Waals surface area contributed by atoms with E-state index in [9.17, 15) is 24.0 Å². The lowest BCUT2D eigenvalue weighted by Gasteiger charge is -2.39. The van der Waals surface area contributed by atoms with Crippen molar-refractivity contribution in [2.45, 2.75) is 103 Å². The third-order valence-corrected chi connectivity index (χ3v) is 8.40. The summed E-state index contributed by atoms with van der Waals surface area (Å²) in [5.41, 5.74) is 4.83. The van der Waals surface area contributed by atoms with Gasteiger partial charge in [-0.15, -0.1) is 0 Å². The molecule has 2 heterocycles. The number of amides is 5. The first-order valence-electron chi connectivity index (χ1n) is 12.7. The molecule has 2 spiro atoms. The summed E-state index contributed by atoms with van der Waals surface area (Å²) in [6.45, 7) is 7.44. The van der Waals surface area contributed by atoms with E-state index in [4.69, 9.17) is 5.73 Å². The number of nitrogens with zero attached hydrogens (tertiary/aromatic N) is 1. The van der Waals surface area contributed by atoms with E-state index in [0.29, 0.717) is 19.4 Å². The van der Waals surface area contributed by atoms with Gasteiger partial charge in [-0.2, -0.15) is 0 Å². The van der Waals surface area contributed by atoms with Crippen LogP contribution in [0.1, 0.15) is 79.1 Å². The minimum absolute atomic E-state index is 0.0996. The van der Waals surface area contributed by atoms with Gasteiger partial charge in [-0.25, -0.2) is 0 Å². The van der Waals surface area contributed by atoms with Crippen LogP contribution in [-0.4, -0.2) is 64.6 Å². The quantitative estimate of drug-likeness (QED) is 0.407. The summed E-state index contributed by atoms with van der Waals surface area (Å²) >= 11 is 0. The molecule has 2 saturated heterocycles. The second kappa shape index (κ2) is 8.78. The molecular weight excluding hydrogens is 450 g/mol. The van der Waals surface area contributed by atoms with Gasteiger partial charge in [0.05, 0.1) is 0 Å². The molecule has 2 aliphatic carbocycles. The Hall–Kier alpha value is -2.65. The Morgan fingerprint density at radius 2 is 1.77 bits per heavy atom. The molecule has 4 aliphatic rings. The van der Waals surface area contributed by atoms with Crippen LogP contribution in [0.3, 0.4) is 0 Å². The van der Waals surface area contributed by atoms with Crippen LogP contribution in [-0.2, 0) is 24.0 Å². The zero-order valence-electron chi connectivity index (χ0n) is 21.2. The van der Waals surface area contributed by atoms with E-state index in [-0.39, 0.29) is 41.0 Å². The maximum Gasteiger partial charge on any atom is 0.246 e. The summed E-state index contributed by atoms with van der Waals surface area (Å²) in [6, 6.07) is -2.53. The number of primary amides is 1. The minimum Gasteiger partial charge on any atom is -0.368 e. The highest BCUT2D eigenvalue weighted by Gasteiger charge is 2.55. The maximum absolute atomic E-state index is 13.7. The highest BCUT2D eigenvalue weighted by molar-refractivity contribution is 5.95. The van der Waals surface area contributed by atoms with E-state index in [1.807, 2.05) is 20.8 Å². The molecule has 4 fully saturated rings. The molecule has 0 aromatic heterocycles. The summed E-state index contributed by atoms with van der Waals surface area (Å²) in [7, 11) is 0. The molecule has 4 rings (SSSR count). The third-order valence-electron chi connectivity index (χ3n) is 8.40. The van der Waals surface area contributed by atoms with E-state index < -0.39 is 35.4 Å². The molecule has 0 aromatic rings. The molecule has 10 heteroatoms. The number of nitrogens with one attached hydrogen (secondary N) is 3. The van der Waals surface area contributed by atoms with Gasteiger partial charge in [-0.05, 0) is 55.8 Å². The molecule has 35 heavy (non-hydrogen) atoms. The molecule has 0 aromatic carbocycles. The molecule has 5 N–H and O–H groups in total. The molecule has 10 nitrogen and oxygen atoms in total. The van der Waals surface area contributed by atoms with E-state index in [2.05, 4.69) is 16.0 Å². The van der Waals surface area contributed by atoms with E-state index in [0.717, 1.165) is 32.1 Å². The number of hydrogen-bond acceptors (Lipinski definition) is 5. The second-order valence-electron chi connectivity index (χ2n) is 12.4. The van der Waals surface area contributed by atoms with E-state index >= 15 is 0 Å². The second-order valence-corrected chi connectivity index (χ2v) is 12.4. The van der Waals surface area contributed by atoms with Crippen molar-refractivity contribution in [3.05, 3.63) is 0 Å².